The zero-order valence-corrected chi connectivity index (χ0v) is 8.27. The van der Waals surface area contributed by atoms with E-state index in [1.54, 1.807) is 12.1 Å². The van der Waals surface area contributed by atoms with Crippen molar-refractivity contribution < 1.29 is 4.39 Å². The van der Waals surface area contributed by atoms with Gasteiger partial charge in [0.25, 0.3) is 0 Å². The van der Waals surface area contributed by atoms with Gasteiger partial charge in [0.2, 0.25) is 0 Å². The third kappa shape index (κ3) is 2.03. The number of rotatable bonds is 1. The van der Waals surface area contributed by atoms with E-state index in [2.05, 4.69) is 12.2 Å². The van der Waals surface area contributed by atoms with Crippen LogP contribution in [0.25, 0.3) is 0 Å². The van der Waals surface area contributed by atoms with Gasteiger partial charge in [-0.3, -0.25) is 5.32 Å². The maximum Gasteiger partial charge on any atom is 0.123 e. The van der Waals surface area contributed by atoms with Gasteiger partial charge in [-0.2, -0.15) is 0 Å². The maximum absolute atomic E-state index is 12.9. The van der Waals surface area contributed by atoms with Gasteiger partial charge in [0.05, 0.1) is 5.37 Å². The third-order valence-corrected chi connectivity index (χ3v) is 3.53. The second-order valence-corrected chi connectivity index (χ2v) is 4.47. The molecule has 2 atom stereocenters. The van der Waals surface area contributed by atoms with Crippen LogP contribution >= 0.6 is 11.8 Å². The highest BCUT2D eigenvalue weighted by atomic mass is 32.2. The van der Waals surface area contributed by atoms with Gasteiger partial charge in [-0.05, 0) is 24.6 Å². The summed E-state index contributed by atoms with van der Waals surface area (Å²) < 4.78 is 12.9. The topological polar surface area (TPSA) is 12.0 Å². The Labute approximate surface area is 81.7 Å². The SMILES string of the molecule is CC1CSC(c2cccc(F)c2)N1. The van der Waals surface area contributed by atoms with Gasteiger partial charge >= 0.3 is 0 Å². The van der Waals surface area contributed by atoms with Crippen LogP contribution in [-0.4, -0.2) is 11.8 Å². The van der Waals surface area contributed by atoms with Crippen LogP contribution in [0.4, 0.5) is 4.39 Å². The zero-order valence-electron chi connectivity index (χ0n) is 7.46. The Hall–Kier alpha value is -0.540. The summed E-state index contributed by atoms with van der Waals surface area (Å²) in [4.78, 5) is 0. The molecule has 1 nitrogen and oxygen atoms in total. The smallest absolute Gasteiger partial charge is 0.123 e. The van der Waals surface area contributed by atoms with Crippen molar-refractivity contribution in [3.63, 3.8) is 0 Å². The van der Waals surface area contributed by atoms with Crippen LogP contribution < -0.4 is 5.32 Å². The number of nitrogens with one attached hydrogen (secondary N) is 1. The minimum absolute atomic E-state index is 0.153. The summed E-state index contributed by atoms with van der Waals surface area (Å²) >= 11 is 1.83. The van der Waals surface area contributed by atoms with Crippen molar-refractivity contribution in [3.8, 4) is 0 Å². The molecular weight excluding hydrogens is 185 g/mol. The van der Waals surface area contributed by atoms with E-state index < -0.39 is 0 Å². The van der Waals surface area contributed by atoms with Gasteiger partial charge in [0.15, 0.2) is 0 Å². The predicted octanol–water partition coefficient (Wildman–Crippen LogP) is 2.55. The molecule has 70 valence electrons. The highest BCUT2D eigenvalue weighted by Gasteiger charge is 2.22. The van der Waals surface area contributed by atoms with Crippen LogP contribution in [-0.2, 0) is 0 Å². The Kier molecular flexibility index (Phi) is 2.56. The molecule has 1 aliphatic heterocycles. The van der Waals surface area contributed by atoms with Crippen molar-refractivity contribution in [3.05, 3.63) is 35.6 Å². The monoisotopic (exact) mass is 197 g/mol. The Bertz CT molecular complexity index is 303. The van der Waals surface area contributed by atoms with E-state index in [1.807, 2.05) is 17.8 Å². The highest BCUT2D eigenvalue weighted by Crippen LogP contribution is 2.32. The van der Waals surface area contributed by atoms with Crippen LogP contribution in [0.2, 0.25) is 0 Å². The summed E-state index contributed by atoms with van der Waals surface area (Å²) in [6.45, 7) is 2.15. The number of thioether (sulfide) groups is 1. The van der Waals surface area contributed by atoms with E-state index >= 15 is 0 Å². The van der Waals surface area contributed by atoms with Gasteiger partial charge in [0, 0.05) is 11.8 Å². The van der Waals surface area contributed by atoms with Crippen LogP contribution in [0.15, 0.2) is 24.3 Å². The van der Waals surface area contributed by atoms with Gasteiger partial charge < -0.3 is 0 Å². The number of benzene rings is 1. The molecule has 1 N–H and O–H groups in total. The lowest BCUT2D eigenvalue weighted by atomic mass is 10.2. The van der Waals surface area contributed by atoms with E-state index in [0.29, 0.717) is 6.04 Å². The normalized spacial score (nSPS) is 27.8. The molecule has 0 aromatic heterocycles. The molecule has 2 unspecified atom stereocenters. The average molecular weight is 197 g/mol. The molecule has 0 aliphatic carbocycles. The summed E-state index contributed by atoms with van der Waals surface area (Å²) in [5.41, 5.74) is 1.04. The van der Waals surface area contributed by atoms with Gasteiger partial charge in [0.1, 0.15) is 5.82 Å². The lowest BCUT2D eigenvalue weighted by Crippen LogP contribution is -2.21. The molecule has 1 aromatic rings. The van der Waals surface area contributed by atoms with Crippen molar-refractivity contribution in [1.29, 1.82) is 0 Å². The second-order valence-electron chi connectivity index (χ2n) is 3.34. The molecule has 1 aliphatic rings. The number of hydrogen-bond acceptors (Lipinski definition) is 2. The molecule has 0 bridgehead atoms. The Morgan fingerprint density at radius 2 is 2.38 bits per heavy atom. The fourth-order valence-corrected chi connectivity index (χ4v) is 2.70. The van der Waals surface area contributed by atoms with E-state index in [1.165, 1.54) is 6.07 Å². The van der Waals surface area contributed by atoms with Crippen molar-refractivity contribution in [2.24, 2.45) is 0 Å². The van der Waals surface area contributed by atoms with Crippen LogP contribution in [0.3, 0.4) is 0 Å². The standard InChI is InChI=1S/C10H12FNS/c1-7-6-13-10(12-7)8-3-2-4-9(11)5-8/h2-5,7,10,12H,6H2,1H3. The predicted molar refractivity (Wildman–Crippen MR) is 54.2 cm³/mol. The lowest BCUT2D eigenvalue weighted by molar-refractivity contribution is 0.603. The minimum atomic E-state index is -0.153. The summed E-state index contributed by atoms with van der Waals surface area (Å²) in [6.07, 6.45) is 0. The van der Waals surface area contributed by atoms with Crippen molar-refractivity contribution in [1.82, 2.24) is 5.32 Å². The van der Waals surface area contributed by atoms with Gasteiger partial charge in [-0.15, -0.1) is 11.8 Å². The molecular formula is C10H12FNS. The molecule has 1 fully saturated rings. The van der Waals surface area contributed by atoms with E-state index in [0.717, 1.165) is 11.3 Å². The van der Waals surface area contributed by atoms with Crippen molar-refractivity contribution >= 4 is 11.8 Å². The third-order valence-electron chi connectivity index (χ3n) is 2.10. The quantitative estimate of drug-likeness (QED) is 0.742. The fraction of sp³-hybridized carbons (Fsp3) is 0.400. The Morgan fingerprint density at radius 1 is 1.54 bits per heavy atom. The molecule has 1 heterocycles. The first-order valence-corrected chi connectivity index (χ1v) is 5.44. The van der Waals surface area contributed by atoms with Crippen LogP contribution in [0, 0.1) is 5.82 Å². The highest BCUT2D eigenvalue weighted by molar-refractivity contribution is 7.99. The molecule has 2 rings (SSSR count). The molecule has 0 saturated carbocycles. The van der Waals surface area contributed by atoms with E-state index in [-0.39, 0.29) is 11.2 Å². The molecule has 0 spiro atoms. The summed E-state index contributed by atoms with van der Waals surface area (Å²) in [5.74, 6) is 0.945. The largest absolute Gasteiger partial charge is 0.298 e. The lowest BCUT2D eigenvalue weighted by Gasteiger charge is -2.10. The fourth-order valence-electron chi connectivity index (χ4n) is 1.46. The molecule has 3 heteroatoms. The molecule has 1 saturated heterocycles. The Morgan fingerprint density at radius 3 is 3.00 bits per heavy atom. The molecule has 1 aromatic carbocycles. The maximum atomic E-state index is 12.9. The summed E-state index contributed by atoms with van der Waals surface area (Å²) in [5, 5.41) is 3.66. The zero-order chi connectivity index (χ0) is 9.26. The van der Waals surface area contributed by atoms with E-state index in [9.17, 15) is 4.39 Å². The van der Waals surface area contributed by atoms with E-state index in [4.69, 9.17) is 0 Å². The Balaban J connectivity index is 2.16. The van der Waals surface area contributed by atoms with Crippen molar-refractivity contribution in [2.75, 3.05) is 5.75 Å². The second kappa shape index (κ2) is 3.68. The van der Waals surface area contributed by atoms with Gasteiger partial charge in [-0.25, -0.2) is 4.39 Å². The average Bonchev–Trinajstić information content (AvgIpc) is 2.52. The van der Waals surface area contributed by atoms with Gasteiger partial charge in [-0.1, -0.05) is 12.1 Å². The van der Waals surface area contributed by atoms with Crippen molar-refractivity contribution in [2.45, 2.75) is 18.3 Å². The molecule has 13 heavy (non-hydrogen) atoms. The first-order chi connectivity index (χ1) is 6.25. The molecule has 0 radical (unpaired) electrons. The molecule has 0 amide bonds. The number of halogens is 1. The van der Waals surface area contributed by atoms with Crippen LogP contribution in [0.1, 0.15) is 17.9 Å². The number of hydrogen-bond donors (Lipinski definition) is 1. The minimum Gasteiger partial charge on any atom is -0.298 e. The van der Waals surface area contributed by atoms with Crippen LogP contribution in [0.5, 0.6) is 0 Å². The summed E-state index contributed by atoms with van der Waals surface area (Å²) in [6, 6.07) is 7.33. The first kappa shape index (κ1) is 9.03. The summed E-state index contributed by atoms with van der Waals surface area (Å²) in [7, 11) is 0. The first-order valence-electron chi connectivity index (χ1n) is 4.39.